The number of hydrogen-bond acceptors (Lipinski definition) is 1. The summed E-state index contributed by atoms with van der Waals surface area (Å²) in [6.45, 7) is 6.73. The van der Waals surface area contributed by atoms with E-state index in [0.29, 0.717) is 18.4 Å². The van der Waals surface area contributed by atoms with E-state index in [-0.39, 0.29) is 0 Å². The number of nitrogens with one attached hydrogen (secondary N) is 1. The van der Waals surface area contributed by atoms with Gasteiger partial charge in [0.2, 0.25) is 0 Å². The summed E-state index contributed by atoms with van der Waals surface area (Å²) in [5.74, 6) is 0.947. The second kappa shape index (κ2) is 4.14. The quantitative estimate of drug-likeness (QED) is 0.633. The number of amides is 1. The molecule has 2 N–H and O–H groups in total. The molecule has 0 saturated heterocycles. The lowest BCUT2D eigenvalue weighted by Gasteiger charge is -2.14. The molecule has 0 aliphatic heterocycles. The highest BCUT2D eigenvalue weighted by Crippen LogP contribution is 2.06. The zero-order valence-electron chi connectivity index (χ0n) is 6.72. The van der Waals surface area contributed by atoms with Crippen molar-refractivity contribution in [2.45, 2.75) is 20.8 Å². The molecule has 0 spiro atoms. The minimum Gasteiger partial charge on any atom is -0.465 e. The van der Waals surface area contributed by atoms with Crippen LogP contribution in [0.15, 0.2) is 0 Å². The maximum atomic E-state index is 10.0. The molecule has 60 valence electrons. The summed E-state index contributed by atoms with van der Waals surface area (Å²) in [5, 5.41) is 10.6. The van der Waals surface area contributed by atoms with Crippen LogP contribution in [-0.2, 0) is 0 Å². The molecule has 0 aromatic heterocycles. The average Bonchev–Trinajstić information content (AvgIpc) is 1.82. The summed E-state index contributed by atoms with van der Waals surface area (Å²) in [6.07, 6.45) is -0.937. The fourth-order valence-corrected chi connectivity index (χ4v) is 0.484. The van der Waals surface area contributed by atoms with Crippen LogP contribution in [0, 0.1) is 11.8 Å². The Balaban J connectivity index is 3.39. The maximum Gasteiger partial charge on any atom is 0.404 e. The Labute approximate surface area is 61.4 Å². The number of hydrogen-bond donors (Lipinski definition) is 2. The van der Waals surface area contributed by atoms with E-state index in [1.807, 2.05) is 6.92 Å². The van der Waals surface area contributed by atoms with Crippen molar-refractivity contribution in [3.05, 3.63) is 0 Å². The Morgan fingerprint density at radius 1 is 1.50 bits per heavy atom. The minimum atomic E-state index is -0.937. The second-order valence-corrected chi connectivity index (χ2v) is 2.91. The van der Waals surface area contributed by atoms with Gasteiger partial charge in [0.1, 0.15) is 0 Å². The van der Waals surface area contributed by atoms with Crippen LogP contribution < -0.4 is 5.32 Å². The predicted molar refractivity (Wildman–Crippen MR) is 40.0 cm³/mol. The van der Waals surface area contributed by atoms with Crippen LogP contribution in [0.3, 0.4) is 0 Å². The standard InChI is InChI=1S/C7H15NO2/c1-5(2)6(3)4-8-7(9)10/h5-6,8H,4H2,1-3H3,(H,9,10). The molecule has 1 atom stereocenters. The fraction of sp³-hybridized carbons (Fsp3) is 0.857. The van der Waals surface area contributed by atoms with Crippen LogP contribution in [-0.4, -0.2) is 17.7 Å². The first-order valence-electron chi connectivity index (χ1n) is 3.50. The van der Waals surface area contributed by atoms with E-state index < -0.39 is 6.09 Å². The maximum absolute atomic E-state index is 10.0. The Hall–Kier alpha value is -0.730. The molecule has 1 unspecified atom stereocenters. The highest BCUT2D eigenvalue weighted by Gasteiger charge is 2.06. The Morgan fingerprint density at radius 2 is 2.00 bits per heavy atom. The zero-order chi connectivity index (χ0) is 8.15. The second-order valence-electron chi connectivity index (χ2n) is 2.91. The van der Waals surface area contributed by atoms with Crippen molar-refractivity contribution >= 4 is 6.09 Å². The van der Waals surface area contributed by atoms with Gasteiger partial charge in [0.25, 0.3) is 0 Å². The van der Waals surface area contributed by atoms with Gasteiger partial charge in [-0.3, -0.25) is 0 Å². The summed E-state index contributed by atoms with van der Waals surface area (Å²) in [6, 6.07) is 0. The molecule has 10 heavy (non-hydrogen) atoms. The van der Waals surface area contributed by atoms with Gasteiger partial charge in [-0.25, -0.2) is 4.79 Å². The molecule has 0 aromatic carbocycles. The van der Waals surface area contributed by atoms with Crippen LogP contribution in [0.2, 0.25) is 0 Å². The largest absolute Gasteiger partial charge is 0.465 e. The van der Waals surface area contributed by atoms with Gasteiger partial charge >= 0.3 is 6.09 Å². The van der Waals surface area contributed by atoms with Gasteiger partial charge in [-0.2, -0.15) is 0 Å². The molecular weight excluding hydrogens is 130 g/mol. The average molecular weight is 145 g/mol. The molecule has 0 aliphatic carbocycles. The van der Waals surface area contributed by atoms with Gasteiger partial charge < -0.3 is 10.4 Å². The molecule has 0 aliphatic rings. The van der Waals surface area contributed by atoms with E-state index in [1.165, 1.54) is 0 Å². The monoisotopic (exact) mass is 145 g/mol. The first-order chi connectivity index (χ1) is 4.54. The summed E-state index contributed by atoms with van der Waals surface area (Å²) < 4.78 is 0. The van der Waals surface area contributed by atoms with Crippen LogP contribution in [0.1, 0.15) is 20.8 Å². The first kappa shape index (κ1) is 9.27. The smallest absolute Gasteiger partial charge is 0.404 e. The Morgan fingerprint density at radius 3 is 2.30 bits per heavy atom. The van der Waals surface area contributed by atoms with E-state index in [4.69, 9.17) is 5.11 Å². The fourth-order valence-electron chi connectivity index (χ4n) is 0.484. The number of carboxylic acid groups (broad SMARTS) is 1. The van der Waals surface area contributed by atoms with Crippen LogP contribution in [0.5, 0.6) is 0 Å². The lowest BCUT2D eigenvalue weighted by atomic mass is 9.98. The third-order valence-electron chi connectivity index (χ3n) is 1.71. The summed E-state index contributed by atoms with van der Waals surface area (Å²) >= 11 is 0. The molecule has 3 heteroatoms. The van der Waals surface area contributed by atoms with Crippen LogP contribution in [0.4, 0.5) is 4.79 Å². The summed E-state index contributed by atoms with van der Waals surface area (Å²) in [5.41, 5.74) is 0. The highest BCUT2D eigenvalue weighted by molar-refractivity contribution is 5.64. The van der Waals surface area contributed by atoms with Gasteiger partial charge in [-0.05, 0) is 11.8 Å². The van der Waals surface area contributed by atoms with E-state index in [2.05, 4.69) is 19.2 Å². The molecule has 0 heterocycles. The van der Waals surface area contributed by atoms with Crippen molar-refractivity contribution in [1.82, 2.24) is 5.32 Å². The van der Waals surface area contributed by atoms with Gasteiger partial charge in [-0.1, -0.05) is 20.8 Å². The van der Waals surface area contributed by atoms with E-state index in [1.54, 1.807) is 0 Å². The zero-order valence-corrected chi connectivity index (χ0v) is 6.72. The van der Waals surface area contributed by atoms with Gasteiger partial charge in [0.05, 0.1) is 0 Å². The third kappa shape index (κ3) is 4.18. The van der Waals surface area contributed by atoms with Crippen molar-refractivity contribution in [2.24, 2.45) is 11.8 Å². The predicted octanol–water partition coefficient (Wildman–Crippen LogP) is 1.55. The highest BCUT2D eigenvalue weighted by atomic mass is 16.4. The molecule has 1 amide bonds. The van der Waals surface area contributed by atoms with E-state index in [9.17, 15) is 4.79 Å². The number of rotatable bonds is 3. The molecule has 0 bridgehead atoms. The molecular formula is C7H15NO2. The van der Waals surface area contributed by atoms with Crippen molar-refractivity contribution in [1.29, 1.82) is 0 Å². The summed E-state index contributed by atoms with van der Waals surface area (Å²) in [4.78, 5) is 10.0. The molecule has 0 saturated carbocycles. The van der Waals surface area contributed by atoms with Gasteiger partial charge in [0.15, 0.2) is 0 Å². The molecule has 3 nitrogen and oxygen atoms in total. The van der Waals surface area contributed by atoms with E-state index >= 15 is 0 Å². The minimum absolute atomic E-state index is 0.413. The Kier molecular flexibility index (Phi) is 3.84. The first-order valence-corrected chi connectivity index (χ1v) is 3.50. The van der Waals surface area contributed by atoms with E-state index in [0.717, 1.165) is 0 Å². The Bertz CT molecular complexity index is 112. The van der Waals surface area contributed by atoms with Crippen molar-refractivity contribution in [2.75, 3.05) is 6.54 Å². The van der Waals surface area contributed by atoms with Crippen molar-refractivity contribution in [3.8, 4) is 0 Å². The van der Waals surface area contributed by atoms with Gasteiger partial charge in [-0.15, -0.1) is 0 Å². The molecule has 0 radical (unpaired) electrons. The lowest BCUT2D eigenvalue weighted by molar-refractivity contribution is 0.191. The van der Waals surface area contributed by atoms with Gasteiger partial charge in [0, 0.05) is 6.54 Å². The van der Waals surface area contributed by atoms with Crippen LogP contribution >= 0.6 is 0 Å². The SMILES string of the molecule is CC(C)C(C)CNC(=O)O. The number of carbonyl (C=O) groups is 1. The summed E-state index contributed by atoms with van der Waals surface area (Å²) in [7, 11) is 0. The molecule has 0 fully saturated rings. The third-order valence-corrected chi connectivity index (χ3v) is 1.71. The van der Waals surface area contributed by atoms with Crippen molar-refractivity contribution < 1.29 is 9.90 Å². The lowest BCUT2D eigenvalue weighted by Crippen LogP contribution is -2.28. The van der Waals surface area contributed by atoms with Crippen LogP contribution in [0.25, 0.3) is 0 Å². The topological polar surface area (TPSA) is 49.3 Å². The molecule has 0 aromatic rings. The van der Waals surface area contributed by atoms with Crippen molar-refractivity contribution in [3.63, 3.8) is 0 Å². The normalized spacial score (nSPS) is 13.2. The molecule has 0 rings (SSSR count).